The Hall–Kier alpha value is -3.14. The minimum Gasteiger partial charge on any atom is -0.496 e. The fourth-order valence-electron chi connectivity index (χ4n) is 5.67. The van der Waals surface area contributed by atoms with E-state index >= 15 is 0 Å². The molecule has 180 valence electrons. The van der Waals surface area contributed by atoms with Crippen LogP contribution in [0.4, 0.5) is 0 Å². The number of benzene rings is 4. The molecule has 1 aliphatic rings. The number of likely N-dealkylation sites (tertiary alicyclic amines) is 1. The molecule has 0 saturated carbocycles. The van der Waals surface area contributed by atoms with Crippen molar-refractivity contribution in [1.29, 1.82) is 0 Å². The van der Waals surface area contributed by atoms with Crippen molar-refractivity contribution in [3.63, 3.8) is 0 Å². The third kappa shape index (κ3) is 5.42. The van der Waals surface area contributed by atoms with E-state index < -0.39 is 0 Å². The lowest BCUT2D eigenvalue weighted by molar-refractivity contribution is 0.147. The number of hydrogen-bond donors (Lipinski definition) is 1. The highest BCUT2D eigenvalue weighted by Crippen LogP contribution is 2.34. The molecule has 1 heterocycles. The van der Waals surface area contributed by atoms with Gasteiger partial charge in [0.05, 0.1) is 7.11 Å². The first-order chi connectivity index (χ1) is 17.2. The zero-order valence-corrected chi connectivity index (χ0v) is 20.9. The summed E-state index contributed by atoms with van der Waals surface area (Å²) in [6.07, 6.45) is 1.18. The maximum absolute atomic E-state index is 5.62. The lowest BCUT2D eigenvalue weighted by Crippen LogP contribution is -2.42. The number of methoxy groups -OCH3 is 1. The van der Waals surface area contributed by atoms with Gasteiger partial charge in [0.1, 0.15) is 5.75 Å². The molecule has 1 saturated heterocycles. The highest BCUT2D eigenvalue weighted by atomic mass is 16.5. The van der Waals surface area contributed by atoms with Gasteiger partial charge in [-0.05, 0) is 60.3 Å². The van der Waals surface area contributed by atoms with Crippen molar-refractivity contribution in [1.82, 2.24) is 10.2 Å². The van der Waals surface area contributed by atoms with Gasteiger partial charge in [-0.1, -0.05) is 91.0 Å². The van der Waals surface area contributed by atoms with Crippen molar-refractivity contribution >= 4 is 10.8 Å². The highest BCUT2D eigenvalue weighted by molar-refractivity contribution is 5.86. The van der Waals surface area contributed by atoms with Gasteiger partial charge in [-0.25, -0.2) is 0 Å². The molecule has 3 atom stereocenters. The molecule has 1 N–H and O–H groups in total. The van der Waals surface area contributed by atoms with Gasteiger partial charge >= 0.3 is 0 Å². The molecule has 5 rings (SSSR count). The first-order valence-electron chi connectivity index (χ1n) is 12.8. The number of nitrogens with zero attached hydrogens (tertiary/aromatic N) is 1. The molecule has 0 amide bonds. The molecule has 3 nitrogen and oxygen atoms in total. The normalized spacial score (nSPS) is 19.5. The summed E-state index contributed by atoms with van der Waals surface area (Å²) in [5.41, 5.74) is 4.10. The van der Waals surface area contributed by atoms with Crippen molar-refractivity contribution < 1.29 is 4.74 Å². The summed E-state index contributed by atoms with van der Waals surface area (Å²) < 4.78 is 5.62. The molecular weight excluding hydrogens is 428 g/mol. The number of hydrogen-bond acceptors (Lipinski definition) is 3. The molecule has 0 spiro atoms. The maximum atomic E-state index is 5.62. The van der Waals surface area contributed by atoms with Crippen molar-refractivity contribution in [3.05, 3.63) is 114 Å². The topological polar surface area (TPSA) is 24.5 Å². The van der Waals surface area contributed by atoms with Gasteiger partial charge in [0.15, 0.2) is 0 Å². The standard InChI is InChI=1S/C32H36N2O/c1-24(29-17-10-15-25-13-6-8-16-30(25)29)33-21-27-19-20-34(22-28-14-7-9-18-32(28)35-2)23-31(27)26-11-4-3-5-12-26/h3-18,24,27,31,33H,19-23H2,1-2H3/t24-,27?,31?/m1/s1. The monoisotopic (exact) mass is 464 g/mol. The van der Waals surface area contributed by atoms with E-state index in [4.69, 9.17) is 4.74 Å². The minimum absolute atomic E-state index is 0.309. The summed E-state index contributed by atoms with van der Waals surface area (Å²) in [7, 11) is 1.76. The SMILES string of the molecule is COc1ccccc1CN1CCC(CN[C@H](C)c2cccc3ccccc23)C(c2ccccc2)C1. The van der Waals surface area contributed by atoms with E-state index in [-0.39, 0.29) is 0 Å². The number of ether oxygens (including phenoxy) is 1. The third-order valence-corrected chi connectivity index (χ3v) is 7.63. The van der Waals surface area contributed by atoms with E-state index in [1.165, 1.54) is 33.9 Å². The lowest BCUT2D eigenvalue weighted by Gasteiger charge is -2.40. The molecule has 3 heteroatoms. The van der Waals surface area contributed by atoms with Gasteiger partial charge in [0, 0.05) is 30.6 Å². The van der Waals surface area contributed by atoms with Crippen LogP contribution in [0.1, 0.15) is 42.0 Å². The summed E-state index contributed by atoms with van der Waals surface area (Å²) in [6.45, 7) is 6.43. The molecular formula is C32H36N2O. The Morgan fingerprint density at radius 2 is 1.63 bits per heavy atom. The molecule has 4 aromatic rings. The van der Waals surface area contributed by atoms with Gasteiger partial charge in [-0.3, -0.25) is 4.90 Å². The second-order valence-electron chi connectivity index (χ2n) is 9.81. The second kappa shape index (κ2) is 11.1. The lowest BCUT2D eigenvalue weighted by atomic mass is 9.80. The molecule has 0 radical (unpaired) electrons. The van der Waals surface area contributed by atoms with Crippen molar-refractivity contribution in [2.24, 2.45) is 5.92 Å². The van der Waals surface area contributed by atoms with E-state index in [0.29, 0.717) is 17.9 Å². The summed E-state index contributed by atoms with van der Waals surface area (Å²) in [4.78, 5) is 2.60. The summed E-state index contributed by atoms with van der Waals surface area (Å²) in [5.74, 6) is 2.09. The van der Waals surface area contributed by atoms with Crippen molar-refractivity contribution in [2.75, 3.05) is 26.7 Å². The van der Waals surface area contributed by atoms with Crippen LogP contribution in [-0.4, -0.2) is 31.6 Å². The predicted octanol–water partition coefficient (Wildman–Crippen LogP) is 6.80. The van der Waals surface area contributed by atoms with Gasteiger partial charge in [-0.2, -0.15) is 0 Å². The molecule has 35 heavy (non-hydrogen) atoms. The first kappa shape index (κ1) is 23.6. The summed E-state index contributed by atoms with van der Waals surface area (Å²) in [6, 6.07) is 35.2. The van der Waals surface area contributed by atoms with Crippen LogP contribution in [-0.2, 0) is 6.54 Å². The Balaban J connectivity index is 1.31. The van der Waals surface area contributed by atoms with Crippen LogP contribution in [0.15, 0.2) is 97.1 Å². The highest BCUT2D eigenvalue weighted by Gasteiger charge is 2.31. The van der Waals surface area contributed by atoms with Gasteiger partial charge in [0.25, 0.3) is 0 Å². The largest absolute Gasteiger partial charge is 0.496 e. The van der Waals surface area contributed by atoms with E-state index in [1.807, 2.05) is 6.07 Å². The Bertz CT molecular complexity index is 1230. The molecule has 1 aliphatic heterocycles. The molecule has 4 aromatic carbocycles. The number of rotatable bonds is 8. The zero-order valence-electron chi connectivity index (χ0n) is 20.9. The predicted molar refractivity (Wildman–Crippen MR) is 146 cm³/mol. The average molecular weight is 465 g/mol. The number of fused-ring (bicyclic) bond motifs is 1. The number of piperidine rings is 1. The molecule has 1 fully saturated rings. The van der Waals surface area contributed by atoms with Crippen LogP contribution in [0.3, 0.4) is 0 Å². The Morgan fingerprint density at radius 1 is 0.886 bits per heavy atom. The van der Waals surface area contributed by atoms with Crippen LogP contribution in [0, 0.1) is 5.92 Å². The van der Waals surface area contributed by atoms with E-state index in [0.717, 1.165) is 31.9 Å². The van der Waals surface area contributed by atoms with E-state index in [2.05, 4.69) is 108 Å². The number of nitrogens with one attached hydrogen (secondary N) is 1. The van der Waals surface area contributed by atoms with Crippen LogP contribution in [0.25, 0.3) is 10.8 Å². The van der Waals surface area contributed by atoms with Gasteiger partial charge in [-0.15, -0.1) is 0 Å². The molecule has 2 unspecified atom stereocenters. The summed E-state index contributed by atoms with van der Waals surface area (Å²) >= 11 is 0. The molecule has 0 aromatic heterocycles. The molecule has 0 bridgehead atoms. The Kier molecular flexibility index (Phi) is 7.46. The van der Waals surface area contributed by atoms with Crippen LogP contribution in [0.2, 0.25) is 0 Å². The van der Waals surface area contributed by atoms with E-state index in [1.54, 1.807) is 7.11 Å². The Morgan fingerprint density at radius 3 is 2.49 bits per heavy atom. The van der Waals surface area contributed by atoms with E-state index in [9.17, 15) is 0 Å². The fourth-order valence-corrected chi connectivity index (χ4v) is 5.67. The summed E-state index contributed by atoms with van der Waals surface area (Å²) in [5, 5.41) is 6.56. The smallest absolute Gasteiger partial charge is 0.123 e. The average Bonchev–Trinajstić information content (AvgIpc) is 2.92. The fraction of sp³-hybridized carbons (Fsp3) is 0.312. The van der Waals surface area contributed by atoms with Crippen LogP contribution >= 0.6 is 0 Å². The quantitative estimate of drug-likeness (QED) is 0.310. The third-order valence-electron chi connectivity index (χ3n) is 7.63. The molecule has 0 aliphatic carbocycles. The minimum atomic E-state index is 0.309. The zero-order chi connectivity index (χ0) is 24.0. The van der Waals surface area contributed by atoms with Gasteiger partial charge < -0.3 is 10.1 Å². The number of para-hydroxylation sites is 1. The van der Waals surface area contributed by atoms with Crippen LogP contribution in [0.5, 0.6) is 5.75 Å². The van der Waals surface area contributed by atoms with Crippen molar-refractivity contribution in [3.8, 4) is 5.75 Å². The first-order valence-corrected chi connectivity index (χ1v) is 12.8. The Labute approximate surface area is 209 Å². The van der Waals surface area contributed by atoms with Gasteiger partial charge in [0.2, 0.25) is 0 Å². The van der Waals surface area contributed by atoms with Crippen LogP contribution < -0.4 is 10.1 Å². The second-order valence-corrected chi connectivity index (χ2v) is 9.81. The van der Waals surface area contributed by atoms with Crippen molar-refractivity contribution in [2.45, 2.75) is 31.8 Å². The maximum Gasteiger partial charge on any atom is 0.123 e.